The first-order valence-corrected chi connectivity index (χ1v) is 8.34. The van der Waals surface area contributed by atoms with Crippen LogP contribution in [0.5, 0.6) is 0 Å². The number of aliphatic hydroxyl groups is 1. The Morgan fingerprint density at radius 1 is 1.33 bits per heavy atom. The molecule has 1 fully saturated rings. The lowest BCUT2D eigenvalue weighted by atomic mass is 10.0. The van der Waals surface area contributed by atoms with Crippen LogP contribution in [0, 0.1) is 19.8 Å². The fourth-order valence-electron chi connectivity index (χ4n) is 3.55. The second kappa shape index (κ2) is 6.03. The Kier molecular flexibility index (Phi) is 3.86. The number of pyridine rings is 1. The molecule has 3 aromatic heterocycles. The lowest BCUT2D eigenvalue weighted by molar-refractivity contribution is 0.137. The SMILES string of the molecule is Cc1cc(C[C@@H]2CN(Cc3cn4cccc(C)c4n3)C[C@@H]2O)on1. The van der Waals surface area contributed by atoms with Crippen molar-refractivity contribution in [2.75, 3.05) is 13.1 Å². The van der Waals surface area contributed by atoms with Crippen molar-refractivity contribution >= 4 is 5.65 Å². The van der Waals surface area contributed by atoms with Crippen molar-refractivity contribution < 1.29 is 9.63 Å². The topological polar surface area (TPSA) is 66.8 Å². The first-order chi connectivity index (χ1) is 11.6. The first-order valence-electron chi connectivity index (χ1n) is 8.34. The molecule has 0 spiro atoms. The number of imidazole rings is 1. The van der Waals surface area contributed by atoms with Crippen LogP contribution < -0.4 is 0 Å². The normalized spacial score (nSPS) is 21.8. The minimum absolute atomic E-state index is 0.177. The summed E-state index contributed by atoms with van der Waals surface area (Å²) in [6.07, 6.45) is 4.48. The quantitative estimate of drug-likeness (QED) is 0.794. The molecule has 1 aliphatic heterocycles. The number of fused-ring (bicyclic) bond motifs is 1. The number of nitrogens with zero attached hydrogens (tertiary/aromatic N) is 4. The van der Waals surface area contributed by atoms with Gasteiger partial charge >= 0.3 is 0 Å². The van der Waals surface area contributed by atoms with E-state index in [1.807, 2.05) is 25.3 Å². The minimum atomic E-state index is -0.339. The van der Waals surface area contributed by atoms with Gasteiger partial charge in [0.2, 0.25) is 0 Å². The molecule has 4 heterocycles. The van der Waals surface area contributed by atoms with Gasteiger partial charge in [0.25, 0.3) is 0 Å². The van der Waals surface area contributed by atoms with E-state index in [-0.39, 0.29) is 12.0 Å². The van der Waals surface area contributed by atoms with Gasteiger partial charge < -0.3 is 14.0 Å². The highest BCUT2D eigenvalue weighted by molar-refractivity contribution is 5.47. The van der Waals surface area contributed by atoms with Gasteiger partial charge in [-0.05, 0) is 25.5 Å². The van der Waals surface area contributed by atoms with Crippen LogP contribution in [0.3, 0.4) is 0 Å². The molecule has 3 aromatic rings. The monoisotopic (exact) mass is 326 g/mol. The molecule has 0 saturated carbocycles. The lowest BCUT2D eigenvalue weighted by Crippen LogP contribution is -2.21. The molecule has 6 nitrogen and oxygen atoms in total. The van der Waals surface area contributed by atoms with E-state index in [2.05, 4.69) is 33.6 Å². The zero-order valence-electron chi connectivity index (χ0n) is 14.0. The Hall–Kier alpha value is -2.18. The highest BCUT2D eigenvalue weighted by Gasteiger charge is 2.32. The number of aromatic nitrogens is 3. The number of rotatable bonds is 4. The third-order valence-corrected chi connectivity index (χ3v) is 4.74. The van der Waals surface area contributed by atoms with Gasteiger partial charge in [-0.2, -0.15) is 0 Å². The maximum Gasteiger partial charge on any atom is 0.139 e. The van der Waals surface area contributed by atoms with Crippen molar-refractivity contribution in [3.05, 3.63) is 53.3 Å². The summed E-state index contributed by atoms with van der Waals surface area (Å²) in [5, 5.41) is 14.3. The maximum atomic E-state index is 10.4. The Labute approximate surface area is 140 Å². The standard InChI is InChI=1S/C18H22N4O2/c1-12-4-3-5-22-10-15(19-18(12)22)9-21-8-14(17(23)11-21)7-16-6-13(2)20-24-16/h3-6,10,14,17,23H,7-9,11H2,1-2H3/t14-,17+/m1/s1. The minimum Gasteiger partial charge on any atom is -0.391 e. The van der Waals surface area contributed by atoms with Gasteiger partial charge in [0.1, 0.15) is 11.4 Å². The lowest BCUT2D eigenvalue weighted by Gasteiger charge is -2.13. The molecule has 0 bridgehead atoms. The number of hydrogen-bond donors (Lipinski definition) is 1. The fourth-order valence-corrected chi connectivity index (χ4v) is 3.55. The molecule has 24 heavy (non-hydrogen) atoms. The third-order valence-electron chi connectivity index (χ3n) is 4.74. The van der Waals surface area contributed by atoms with Crippen molar-refractivity contribution in [1.82, 2.24) is 19.4 Å². The summed E-state index contributed by atoms with van der Waals surface area (Å²) in [6.45, 7) is 6.25. The average Bonchev–Trinajstić information content (AvgIpc) is 3.21. The Morgan fingerprint density at radius 3 is 2.96 bits per heavy atom. The van der Waals surface area contributed by atoms with Crippen molar-refractivity contribution in [2.24, 2.45) is 5.92 Å². The van der Waals surface area contributed by atoms with Crippen LogP contribution in [0.15, 0.2) is 35.1 Å². The maximum absolute atomic E-state index is 10.4. The summed E-state index contributed by atoms with van der Waals surface area (Å²) in [4.78, 5) is 6.98. The molecule has 0 radical (unpaired) electrons. The molecule has 1 aliphatic rings. The van der Waals surface area contributed by atoms with E-state index in [0.29, 0.717) is 6.54 Å². The molecule has 6 heteroatoms. The molecule has 1 saturated heterocycles. The second-order valence-electron chi connectivity index (χ2n) is 6.81. The number of aliphatic hydroxyl groups excluding tert-OH is 1. The molecule has 1 N–H and O–H groups in total. The molecule has 4 rings (SSSR count). The van der Waals surface area contributed by atoms with Crippen LogP contribution in [0.2, 0.25) is 0 Å². The van der Waals surface area contributed by atoms with E-state index in [1.165, 1.54) is 5.56 Å². The molecular formula is C18H22N4O2. The van der Waals surface area contributed by atoms with Crippen LogP contribution in [0.1, 0.15) is 22.7 Å². The van der Waals surface area contributed by atoms with E-state index >= 15 is 0 Å². The van der Waals surface area contributed by atoms with E-state index < -0.39 is 0 Å². The molecule has 0 unspecified atom stereocenters. The van der Waals surface area contributed by atoms with Crippen LogP contribution in [0.25, 0.3) is 5.65 Å². The Bertz CT molecular complexity index is 854. The molecule has 0 aromatic carbocycles. The highest BCUT2D eigenvalue weighted by Crippen LogP contribution is 2.23. The summed E-state index contributed by atoms with van der Waals surface area (Å²) < 4.78 is 7.35. The van der Waals surface area contributed by atoms with Crippen molar-refractivity contribution in [1.29, 1.82) is 0 Å². The van der Waals surface area contributed by atoms with Gasteiger partial charge in [0.05, 0.1) is 17.5 Å². The number of hydrogen-bond acceptors (Lipinski definition) is 5. The zero-order chi connectivity index (χ0) is 16.7. The van der Waals surface area contributed by atoms with Crippen molar-refractivity contribution in [3.8, 4) is 0 Å². The predicted octanol–water partition coefficient (Wildman–Crippen LogP) is 1.97. The number of likely N-dealkylation sites (tertiary alicyclic amines) is 1. The van der Waals surface area contributed by atoms with Crippen LogP contribution >= 0.6 is 0 Å². The first kappa shape index (κ1) is 15.4. The highest BCUT2D eigenvalue weighted by atomic mass is 16.5. The average molecular weight is 326 g/mol. The fraction of sp³-hybridized carbons (Fsp3) is 0.444. The Balaban J connectivity index is 1.44. The molecule has 126 valence electrons. The predicted molar refractivity (Wildman–Crippen MR) is 89.6 cm³/mol. The molecule has 0 amide bonds. The van der Waals surface area contributed by atoms with Gasteiger partial charge in [0, 0.05) is 50.4 Å². The van der Waals surface area contributed by atoms with Crippen LogP contribution in [0.4, 0.5) is 0 Å². The van der Waals surface area contributed by atoms with Gasteiger partial charge in [0.15, 0.2) is 0 Å². The smallest absolute Gasteiger partial charge is 0.139 e. The second-order valence-corrected chi connectivity index (χ2v) is 6.81. The van der Waals surface area contributed by atoms with Gasteiger partial charge in [-0.1, -0.05) is 11.2 Å². The summed E-state index contributed by atoms with van der Waals surface area (Å²) >= 11 is 0. The van der Waals surface area contributed by atoms with E-state index in [9.17, 15) is 5.11 Å². The van der Waals surface area contributed by atoms with Gasteiger partial charge in [-0.25, -0.2) is 4.98 Å². The summed E-state index contributed by atoms with van der Waals surface area (Å²) in [6, 6.07) is 6.05. The summed E-state index contributed by atoms with van der Waals surface area (Å²) in [5.74, 6) is 1.03. The number of β-amino-alcohol motifs (C(OH)–C–C–N with tert-alkyl or cyclic N) is 1. The van der Waals surface area contributed by atoms with Crippen molar-refractivity contribution in [3.63, 3.8) is 0 Å². The summed E-state index contributed by atoms with van der Waals surface area (Å²) in [7, 11) is 0. The summed E-state index contributed by atoms with van der Waals surface area (Å²) in [5.41, 5.74) is 4.09. The van der Waals surface area contributed by atoms with Crippen LogP contribution in [-0.2, 0) is 13.0 Å². The zero-order valence-corrected chi connectivity index (χ0v) is 14.0. The third kappa shape index (κ3) is 2.95. The molecular weight excluding hydrogens is 304 g/mol. The molecule has 0 aliphatic carbocycles. The van der Waals surface area contributed by atoms with Crippen molar-refractivity contribution in [2.45, 2.75) is 32.9 Å². The largest absolute Gasteiger partial charge is 0.391 e. The molecule has 2 atom stereocenters. The van der Waals surface area contributed by atoms with E-state index in [0.717, 1.165) is 42.3 Å². The van der Waals surface area contributed by atoms with Crippen LogP contribution in [-0.4, -0.2) is 43.7 Å². The van der Waals surface area contributed by atoms with E-state index in [4.69, 9.17) is 9.51 Å². The van der Waals surface area contributed by atoms with E-state index in [1.54, 1.807) is 0 Å². The Morgan fingerprint density at radius 2 is 2.21 bits per heavy atom. The van der Waals surface area contributed by atoms with Gasteiger partial charge in [-0.3, -0.25) is 4.90 Å². The van der Waals surface area contributed by atoms with Gasteiger partial charge in [-0.15, -0.1) is 0 Å². The number of aryl methyl sites for hydroxylation is 2.